The normalized spacial score (nSPS) is 10.9. The van der Waals surface area contributed by atoms with Crippen molar-refractivity contribution in [2.75, 3.05) is 25.0 Å². The summed E-state index contributed by atoms with van der Waals surface area (Å²) >= 11 is 0. The number of likely N-dealkylation sites (N-methyl/N-ethyl adjacent to an activating group) is 1. The van der Waals surface area contributed by atoms with Crippen LogP contribution in [0.25, 0.3) is 5.69 Å². The lowest BCUT2D eigenvalue weighted by molar-refractivity contribution is -0.117. The zero-order chi connectivity index (χ0) is 20.0. The maximum atomic E-state index is 13.7. The third kappa shape index (κ3) is 4.75. The van der Waals surface area contributed by atoms with Gasteiger partial charge in [-0.3, -0.25) is 14.3 Å². The topological polar surface area (TPSA) is 61.1 Å². The summed E-state index contributed by atoms with van der Waals surface area (Å²) in [5, 5.41) is 12.5. The quantitative estimate of drug-likeness (QED) is 0.759. The molecule has 0 aliphatic carbocycles. The van der Waals surface area contributed by atoms with Crippen molar-refractivity contribution in [3.05, 3.63) is 46.9 Å². The van der Waals surface area contributed by atoms with E-state index in [1.807, 2.05) is 20.8 Å². The molecule has 0 bridgehead atoms. The number of rotatable bonds is 8. The number of amides is 1. The molecular formula is C21H27FN4O. The van der Waals surface area contributed by atoms with Crippen molar-refractivity contribution in [2.45, 2.75) is 40.5 Å². The molecule has 1 aromatic carbocycles. The van der Waals surface area contributed by atoms with Crippen LogP contribution in [0.4, 0.5) is 10.2 Å². The molecular weight excluding hydrogens is 343 g/mol. The van der Waals surface area contributed by atoms with Crippen LogP contribution in [-0.4, -0.2) is 35.0 Å². The van der Waals surface area contributed by atoms with Gasteiger partial charge in [0.05, 0.1) is 17.8 Å². The van der Waals surface area contributed by atoms with Crippen molar-refractivity contribution in [1.82, 2.24) is 9.47 Å². The van der Waals surface area contributed by atoms with Crippen LogP contribution in [0.3, 0.4) is 0 Å². The standard InChI is InChI=1S/C21H27FN4O/c1-5-7-11-25(6-2)14-20(27)24-21-19(13-23)15(3)16(4)26(21)18-10-8-9-17(22)12-18/h8-10,12H,5-7,11,14H2,1-4H3,(H,24,27). The van der Waals surface area contributed by atoms with Crippen LogP contribution in [0.1, 0.15) is 43.5 Å². The molecule has 144 valence electrons. The monoisotopic (exact) mass is 370 g/mol. The SMILES string of the molecule is CCCCN(CC)CC(=O)Nc1c(C#N)c(C)c(C)n1-c1cccc(F)c1. The molecule has 1 amide bonds. The highest BCUT2D eigenvalue weighted by molar-refractivity contribution is 5.93. The number of anilines is 1. The third-order valence-electron chi connectivity index (χ3n) is 4.79. The van der Waals surface area contributed by atoms with Gasteiger partial charge in [-0.25, -0.2) is 4.39 Å². The summed E-state index contributed by atoms with van der Waals surface area (Å²) in [5.74, 6) is -0.153. The van der Waals surface area contributed by atoms with E-state index in [0.29, 0.717) is 17.1 Å². The van der Waals surface area contributed by atoms with Crippen molar-refractivity contribution in [3.8, 4) is 11.8 Å². The predicted molar refractivity (Wildman–Crippen MR) is 106 cm³/mol. The maximum absolute atomic E-state index is 13.7. The van der Waals surface area contributed by atoms with Crippen LogP contribution in [0.15, 0.2) is 24.3 Å². The smallest absolute Gasteiger partial charge is 0.239 e. The summed E-state index contributed by atoms with van der Waals surface area (Å²) < 4.78 is 15.5. The van der Waals surface area contributed by atoms with E-state index in [1.165, 1.54) is 12.1 Å². The first kappa shape index (κ1) is 20.7. The average molecular weight is 370 g/mol. The minimum absolute atomic E-state index is 0.181. The highest BCUT2D eigenvalue weighted by Crippen LogP contribution is 2.30. The molecule has 1 aromatic heterocycles. The van der Waals surface area contributed by atoms with Gasteiger partial charge in [0.1, 0.15) is 17.7 Å². The number of unbranched alkanes of at least 4 members (excludes halogenated alkanes) is 1. The first-order chi connectivity index (χ1) is 12.9. The third-order valence-corrected chi connectivity index (χ3v) is 4.79. The van der Waals surface area contributed by atoms with Crippen LogP contribution >= 0.6 is 0 Å². The van der Waals surface area contributed by atoms with E-state index in [9.17, 15) is 14.4 Å². The lowest BCUT2D eigenvalue weighted by Gasteiger charge is -2.20. The van der Waals surface area contributed by atoms with Crippen molar-refractivity contribution in [2.24, 2.45) is 0 Å². The number of hydrogen-bond acceptors (Lipinski definition) is 3. The maximum Gasteiger partial charge on any atom is 0.239 e. The van der Waals surface area contributed by atoms with Crippen LogP contribution in [0.5, 0.6) is 0 Å². The van der Waals surface area contributed by atoms with E-state index >= 15 is 0 Å². The largest absolute Gasteiger partial charge is 0.310 e. The molecule has 1 heterocycles. The Morgan fingerprint density at radius 1 is 1.33 bits per heavy atom. The van der Waals surface area contributed by atoms with Gasteiger partial charge in [0, 0.05) is 5.69 Å². The number of nitriles is 1. The molecule has 0 saturated carbocycles. The van der Waals surface area contributed by atoms with Gasteiger partial charge in [-0.05, 0) is 57.1 Å². The first-order valence-corrected chi connectivity index (χ1v) is 9.33. The zero-order valence-electron chi connectivity index (χ0n) is 16.5. The molecule has 2 rings (SSSR count). The Kier molecular flexibility index (Phi) is 7.14. The molecule has 1 N–H and O–H groups in total. The molecule has 0 aliphatic rings. The Balaban J connectivity index is 2.37. The highest BCUT2D eigenvalue weighted by Gasteiger charge is 2.21. The fourth-order valence-electron chi connectivity index (χ4n) is 3.10. The molecule has 0 saturated heterocycles. The summed E-state index contributed by atoms with van der Waals surface area (Å²) in [6.45, 7) is 9.72. The van der Waals surface area contributed by atoms with Gasteiger partial charge in [0.25, 0.3) is 0 Å². The number of hydrogen-bond donors (Lipinski definition) is 1. The van der Waals surface area contributed by atoms with Gasteiger partial charge < -0.3 is 5.32 Å². The average Bonchev–Trinajstić information content (AvgIpc) is 2.88. The van der Waals surface area contributed by atoms with E-state index in [4.69, 9.17) is 0 Å². The lowest BCUT2D eigenvalue weighted by atomic mass is 10.2. The number of aromatic nitrogens is 1. The minimum Gasteiger partial charge on any atom is -0.310 e. The fourth-order valence-corrected chi connectivity index (χ4v) is 3.10. The summed E-state index contributed by atoms with van der Waals surface area (Å²) in [6.07, 6.45) is 2.10. The predicted octanol–water partition coefficient (Wildman–Crippen LogP) is 4.17. The van der Waals surface area contributed by atoms with Crippen LogP contribution in [0.2, 0.25) is 0 Å². The second-order valence-corrected chi connectivity index (χ2v) is 6.63. The molecule has 0 atom stereocenters. The number of nitrogens with one attached hydrogen (secondary N) is 1. The van der Waals surface area contributed by atoms with Gasteiger partial charge in [-0.2, -0.15) is 5.26 Å². The fraction of sp³-hybridized carbons (Fsp3) is 0.429. The summed E-state index contributed by atoms with van der Waals surface area (Å²) in [6, 6.07) is 8.30. The van der Waals surface area contributed by atoms with Crippen molar-refractivity contribution < 1.29 is 9.18 Å². The van der Waals surface area contributed by atoms with Crippen molar-refractivity contribution in [1.29, 1.82) is 5.26 Å². The Morgan fingerprint density at radius 2 is 2.07 bits per heavy atom. The van der Waals surface area contributed by atoms with E-state index < -0.39 is 0 Å². The second-order valence-electron chi connectivity index (χ2n) is 6.63. The van der Waals surface area contributed by atoms with Gasteiger partial charge in [-0.1, -0.05) is 26.3 Å². The second kappa shape index (κ2) is 9.33. The zero-order valence-corrected chi connectivity index (χ0v) is 16.5. The number of carbonyl (C=O) groups excluding carboxylic acids is 1. The number of nitrogens with zero attached hydrogens (tertiary/aromatic N) is 3. The van der Waals surface area contributed by atoms with E-state index in [1.54, 1.807) is 16.7 Å². The highest BCUT2D eigenvalue weighted by atomic mass is 19.1. The van der Waals surface area contributed by atoms with Crippen LogP contribution in [0, 0.1) is 31.0 Å². The van der Waals surface area contributed by atoms with Crippen molar-refractivity contribution >= 4 is 11.7 Å². The van der Waals surface area contributed by atoms with Crippen LogP contribution in [-0.2, 0) is 4.79 Å². The molecule has 2 aromatic rings. The van der Waals surface area contributed by atoms with Gasteiger partial charge in [-0.15, -0.1) is 0 Å². The number of benzene rings is 1. The first-order valence-electron chi connectivity index (χ1n) is 9.33. The Bertz CT molecular complexity index is 851. The summed E-state index contributed by atoms with van der Waals surface area (Å²) in [7, 11) is 0. The Morgan fingerprint density at radius 3 is 2.67 bits per heavy atom. The minimum atomic E-state index is -0.370. The molecule has 0 aliphatic heterocycles. The van der Waals surface area contributed by atoms with Gasteiger partial charge >= 0.3 is 0 Å². The van der Waals surface area contributed by atoms with Gasteiger partial charge in [0.2, 0.25) is 5.91 Å². The van der Waals surface area contributed by atoms with E-state index in [2.05, 4.69) is 23.2 Å². The Hall–Kier alpha value is -2.65. The van der Waals surface area contributed by atoms with Crippen molar-refractivity contribution in [3.63, 3.8) is 0 Å². The number of halogens is 1. The molecule has 6 heteroatoms. The molecule has 0 spiro atoms. The van der Waals surface area contributed by atoms with E-state index in [-0.39, 0.29) is 18.3 Å². The summed E-state index contributed by atoms with van der Waals surface area (Å²) in [4.78, 5) is 14.7. The lowest BCUT2D eigenvalue weighted by Crippen LogP contribution is -2.34. The number of carbonyl (C=O) groups is 1. The molecule has 0 radical (unpaired) electrons. The van der Waals surface area contributed by atoms with E-state index in [0.717, 1.165) is 37.2 Å². The molecule has 0 unspecified atom stereocenters. The van der Waals surface area contributed by atoms with Crippen LogP contribution < -0.4 is 5.32 Å². The molecule has 0 fully saturated rings. The molecule has 5 nitrogen and oxygen atoms in total. The Labute approximate surface area is 160 Å². The summed E-state index contributed by atoms with van der Waals surface area (Å²) in [5.41, 5.74) is 2.55. The molecule has 27 heavy (non-hydrogen) atoms. The van der Waals surface area contributed by atoms with Gasteiger partial charge in [0.15, 0.2) is 0 Å².